The van der Waals surface area contributed by atoms with Gasteiger partial charge in [0.2, 0.25) is 15.9 Å². The Kier molecular flexibility index (Phi) is 5.43. The van der Waals surface area contributed by atoms with Gasteiger partial charge < -0.3 is 4.90 Å². The lowest BCUT2D eigenvalue weighted by Crippen LogP contribution is -2.44. The molecular weight excluding hydrogens is 394 g/mol. The number of sulfonamides is 1. The van der Waals surface area contributed by atoms with Gasteiger partial charge in [-0.1, -0.05) is 30.3 Å². The summed E-state index contributed by atoms with van der Waals surface area (Å²) in [4.78, 5) is 19.2. The summed E-state index contributed by atoms with van der Waals surface area (Å²) in [5.74, 6) is -0.00820. The van der Waals surface area contributed by atoms with Crippen molar-refractivity contribution in [3.8, 4) is 0 Å². The Labute approximate surface area is 168 Å². The topological polar surface area (TPSA) is 79.4 Å². The second kappa shape index (κ2) is 7.98. The average molecular weight is 416 g/mol. The molecule has 1 aromatic heterocycles. The molecule has 6 nitrogen and oxygen atoms in total. The number of hydrogen-bond donors (Lipinski definition) is 1. The number of amides is 1. The first-order chi connectivity index (χ1) is 13.5. The maximum absolute atomic E-state index is 12.6. The Bertz CT molecular complexity index is 1050. The zero-order valence-corrected chi connectivity index (χ0v) is 16.9. The molecule has 1 amide bonds. The van der Waals surface area contributed by atoms with Crippen molar-refractivity contribution in [1.29, 1.82) is 0 Å². The van der Waals surface area contributed by atoms with Gasteiger partial charge in [0.25, 0.3) is 0 Å². The lowest BCUT2D eigenvalue weighted by atomic mass is 9.98. The summed E-state index contributed by atoms with van der Waals surface area (Å²) in [6.07, 6.45) is 1.87. The number of nitrogens with one attached hydrogen (secondary N) is 1. The van der Waals surface area contributed by atoms with E-state index in [9.17, 15) is 13.2 Å². The number of hydrogen-bond acceptors (Lipinski definition) is 5. The number of aromatic nitrogens is 1. The number of piperidine rings is 1. The highest BCUT2D eigenvalue weighted by Gasteiger charge is 2.27. The number of benzene rings is 2. The highest BCUT2D eigenvalue weighted by molar-refractivity contribution is 7.89. The highest BCUT2D eigenvalue weighted by Crippen LogP contribution is 2.32. The van der Waals surface area contributed by atoms with Gasteiger partial charge in [-0.15, -0.1) is 11.3 Å². The van der Waals surface area contributed by atoms with Gasteiger partial charge in [0.05, 0.1) is 26.7 Å². The van der Waals surface area contributed by atoms with Gasteiger partial charge in [-0.2, -0.15) is 0 Å². The number of nitrogens with zero attached hydrogens (tertiary/aromatic N) is 2. The van der Waals surface area contributed by atoms with Crippen molar-refractivity contribution in [2.45, 2.75) is 23.7 Å². The maximum atomic E-state index is 12.6. The Hall–Kier alpha value is -2.29. The van der Waals surface area contributed by atoms with Crippen LogP contribution in [0.3, 0.4) is 0 Å². The molecule has 0 bridgehead atoms. The fourth-order valence-electron chi connectivity index (χ4n) is 3.42. The van der Waals surface area contributed by atoms with Crippen LogP contribution in [-0.2, 0) is 14.8 Å². The Morgan fingerprint density at radius 2 is 1.89 bits per heavy atom. The van der Waals surface area contributed by atoms with Gasteiger partial charge in [0.1, 0.15) is 0 Å². The summed E-state index contributed by atoms with van der Waals surface area (Å²) in [6.45, 7) is 0.989. The molecule has 0 unspecified atom stereocenters. The van der Waals surface area contributed by atoms with Crippen LogP contribution in [0.1, 0.15) is 23.8 Å². The van der Waals surface area contributed by atoms with E-state index in [0.717, 1.165) is 28.1 Å². The number of carbonyl (C=O) groups is 1. The molecule has 1 aliphatic rings. The van der Waals surface area contributed by atoms with E-state index in [1.54, 1.807) is 34.4 Å². The molecule has 1 aliphatic heterocycles. The minimum Gasteiger partial charge on any atom is -0.341 e. The number of thiazole rings is 1. The van der Waals surface area contributed by atoms with Crippen molar-refractivity contribution in [3.63, 3.8) is 0 Å². The van der Waals surface area contributed by atoms with E-state index in [-0.39, 0.29) is 23.3 Å². The zero-order chi connectivity index (χ0) is 19.6. The zero-order valence-electron chi connectivity index (χ0n) is 15.2. The van der Waals surface area contributed by atoms with E-state index in [1.165, 1.54) is 12.1 Å². The van der Waals surface area contributed by atoms with Crippen LogP contribution in [0.4, 0.5) is 0 Å². The fraction of sp³-hybridized carbons (Fsp3) is 0.300. The average Bonchev–Trinajstić information content (AvgIpc) is 3.17. The molecule has 1 fully saturated rings. The van der Waals surface area contributed by atoms with E-state index < -0.39 is 10.0 Å². The van der Waals surface area contributed by atoms with Crippen molar-refractivity contribution in [2.24, 2.45) is 0 Å². The molecule has 0 saturated carbocycles. The summed E-state index contributed by atoms with van der Waals surface area (Å²) >= 11 is 1.67. The number of carbonyl (C=O) groups excluding carboxylic acids is 1. The Morgan fingerprint density at radius 3 is 2.68 bits per heavy atom. The molecule has 146 valence electrons. The summed E-state index contributed by atoms with van der Waals surface area (Å²) < 4.78 is 28.2. The van der Waals surface area contributed by atoms with Gasteiger partial charge >= 0.3 is 0 Å². The van der Waals surface area contributed by atoms with Gasteiger partial charge in [0.15, 0.2) is 0 Å². The van der Waals surface area contributed by atoms with E-state index in [4.69, 9.17) is 4.98 Å². The van der Waals surface area contributed by atoms with Crippen LogP contribution in [0, 0.1) is 0 Å². The molecule has 0 radical (unpaired) electrons. The van der Waals surface area contributed by atoms with E-state index in [2.05, 4.69) is 10.8 Å². The summed E-state index contributed by atoms with van der Waals surface area (Å²) in [5, 5.41) is 1.04. The summed E-state index contributed by atoms with van der Waals surface area (Å²) in [5.41, 5.74) is 0.988. The second-order valence-electron chi connectivity index (χ2n) is 6.84. The van der Waals surface area contributed by atoms with Gasteiger partial charge in [-0.05, 0) is 37.1 Å². The number of likely N-dealkylation sites (tertiary alicyclic amines) is 1. The van der Waals surface area contributed by atoms with Crippen LogP contribution >= 0.6 is 11.3 Å². The number of fused-ring (bicyclic) bond motifs is 1. The van der Waals surface area contributed by atoms with Gasteiger partial charge in [-0.3, -0.25) is 4.79 Å². The van der Waals surface area contributed by atoms with Gasteiger partial charge in [-0.25, -0.2) is 18.1 Å². The third-order valence-electron chi connectivity index (χ3n) is 4.90. The molecule has 3 aromatic rings. The van der Waals surface area contributed by atoms with Crippen LogP contribution in [0.25, 0.3) is 10.2 Å². The van der Waals surface area contributed by atoms with E-state index in [1.807, 2.05) is 18.2 Å². The second-order valence-corrected chi connectivity index (χ2v) is 9.67. The van der Waals surface area contributed by atoms with Crippen LogP contribution in [0.5, 0.6) is 0 Å². The summed E-state index contributed by atoms with van der Waals surface area (Å²) in [7, 11) is -3.68. The number of rotatable bonds is 5. The van der Waals surface area contributed by atoms with Crippen LogP contribution < -0.4 is 4.72 Å². The fourth-order valence-corrected chi connectivity index (χ4v) is 5.51. The van der Waals surface area contributed by atoms with Gasteiger partial charge in [0, 0.05) is 19.0 Å². The molecule has 0 spiro atoms. The standard InChI is InChI=1S/C20H21N3O3S2/c24-19(13-21-28(25,26)16-8-2-1-3-9-16)23-12-6-7-15(14-23)20-22-17-10-4-5-11-18(17)27-20/h1-5,8-11,15,21H,6-7,12-14H2/t15-/m1/s1. The largest absolute Gasteiger partial charge is 0.341 e. The predicted octanol–water partition coefficient (Wildman–Crippen LogP) is 2.98. The minimum atomic E-state index is -3.68. The first kappa shape index (κ1) is 19.0. The monoisotopic (exact) mass is 415 g/mol. The lowest BCUT2D eigenvalue weighted by molar-refractivity contribution is -0.131. The van der Waals surface area contributed by atoms with E-state index >= 15 is 0 Å². The SMILES string of the molecule is O=C(CNS(=O)(=O)c1ccccc1)N1CCC[C@@H](c2nc3ccccc3s2)C1. The van der Waals surface area contributed by atoms with Crippen LogP contribution in [0.2, 0.25) is 0 Å². The Balaban J connectivity index is 1.41. The normalized spacial score (nSPS) is 17.7. The van der Waals surface area contributed by atoms with Crippen molar-refractivity contribution in [3.05, 3.63) is 59.6 Å². The molecule has 28 heavy (non-hydrogen) atoms. The van der Waals surface area contributed by atoms with Crippen molar-refractivity contribution >= 4 is 37.5 Å². The molecule has 4 rings (SSSR count). The summed E-state index contributed by atoms with van der Waals surface area (Å²) in [6, 6.07) is 16.1. The molecule has 0 aliphatic carbocycles. The first-order valence-corrected chi connectivity index (χ1v) is 11.5. The highest BCUT2D eigenvalue weighted by atomic mass is 32.2. The smallest absolute Gasteiger partial charge is 0.241 e. The van der Waals surface area contributed by atoms with Crippen LogP contribution in [-0.4, -0.2) is 43.8 Å². The quantitative estimate of drug-likeness (QED) is 0.695. The minimum absolute atomic E-state index is 0.161. The molecule has 2 aromatic carbocycles. The van der Waals surface area contributed by atoms with Crippen molar-refractivity contribution in [1.82, 2.24) is 14.6 Å². The number of para-hydroxylation sites is 1. The molecule has 2 heterocycles. The third kappa shape index (κ3) is 4.09. The first-order valence-electron chi connectivity index (χ1n) is 9.21. The lowest BCUT2D eigenvalue weighted by Gasteiger charge is -2.31. The third-order valence-corrected chi connectivity index (χ3v) is 7.52. The van der Waals surface area contributed by atoms with Crippen molar-refractivity contribution < 1.29 is 13.2 Å². The molecular formula is C20H21N3O3S2. The molecule has 1 atom stereocenters. The van der Waals surface area contributed by atoms with Crippen molar-refractivity contribution in [2.75, 3.05) is 19.6 Å². The maximum Gasteiger partial charge on any atom is 0.241 e. The van der Waals surface area contributed by atoms with E-state index in [0.29, 0.717) is 13.1 Å². The molecule has 8 heteroatoms. The van der Waals surface area contributed by atoms with Crippen LogP contribution in [0.15, 0.2) is 59.5 Å². The predicted molar refractivity (Wildman–Crippen MR) is 110 cm³/mol. The molecule has 1 N–H and O–H groups in total. The molecule has 1 saturated heterocycles. The Morgan fingerprint density at radius 1 is 1.14 bits per heavy atom.